The topological polar surface area (TPSA) is 168 Å². The van der Waals surface area contributed by atoms with Gasteiger partial charge in [-0.3, -0.25) is 4.79 Å². The molecule has 0 radical (unpaired) electrons. The summed E-state index contributed by atoms with van der Waals surface area (Å²) in [4.78, 5) is 29.0. The number of likely N-dealkylation sites (N-methyl/N-ethyl adjacent to an activating group) is 2. The molecule has 1 aliphatic carbocycles. The van der Waals surface area contributed by atoms with Crippen molar-refractivity contribution in [3.63, 3.8) is 0 Å². The first-order valence-electron chi connectivity index (χ1n) is 16.4. The number of esters is 2. The van der Waals surface area contributed by atoms with Gasteiger partial charge in [-0.1, -0.05) is 20.8 Å². The van der Waals surface area contributed by atoms with Gasteiger partial charge in [0, 0.05) is 24.4 Å². The van der Waals surface area contributed by atoms with Gasteiger partial charge in [0.2, 0.25) is 0 Å². The summed E-state index contributed by atoms with van der Waals surface area (Å²) in [6.45, 7) is 12.7. The van der Waals surface area contributed by atoms with Crippen LogP contribution in [0.15, 0.2) is 12.3 Å². The number of carbonyl (C=O) groups is 2. The standard InChI is InChI=1S/C33H58N2O11/c1-17-15-32(7,40)28(46-31-26(43-13-12-24(36)42-11)23(34(8)9)14-18(2)44-31)19(3)25(37)20(4)30(39)45-29-21(5)33(29,41)27(38)22(6)35(10)16-17/h12-13,17-23,25-29,31,37-38,40-41H,14-16H2,1-11H3/b13-12+/t17-,18-,19+,20-,21?,22-,23+,25+,26-,27-,28-,29-,31+,32+,33+/m1/s1. The molecule has 2 saturated heterocycles. The summed E-state index contributed by atoms with van der Waals surface area (Å²) in [5, 5.41) is 46.2. The van der Waals surface area contributed by atoms with Crippen LogP contribution in [0.25, 0.3) is 0 Å². The van der Waals surface area contributed by atoms with Crippen molar-refractivity contribution in [3.05, 3.63) is 12.3 Å². The Bertz CT molecular complexity index is 1070. The van der Waals surface area contributed by atoms with E-state index in [1.54, 1.807) is 27.7 Å². The van der Waals surface area contributed by atoms with Crippen molar-refractivity contribution in [2.75, 3.05) is 34.8 Å². The molecule has 0 aromatic carbocycles. The van der Waals surface area contributed by atoms with Crippen molar-refractivity contribution in [2.45, 2.75) is 128 Å². The van der Waals surface area contributed by atoms with Crippen LogP contribution >= 0.6 is 0 Å². The first-order chi connectivity index (χ1) is 21.3. The maximum Gasteiger partial charge on any atom is 0.333 e. The van der Waals surface area contributed by atoms with Crippen molar-refractivity contribution in [3.8, 4) is 0 Å². The molecular formula is C33H58N2O11. The fourth-order valence-electron chi connectivity index (χ4n) is 7.36. The smallest absolute Gasteiger partial charge is 0.333 e. The lowest BCUT2D eigenvalue weighted by molar-refractivity contribution is -0.299. The summed E-state index contributed by atoms with van der Waals surface area (Å²) < 4.78 is 29.3. The Morgan fingerprint density at radius 3 is 2.33 bits per heavy atom. The average molecular weight is 659 g/mol. The summed E-state index contributed by atoms with van der Waals surface area (Å²) >= 11 is 0. The molecule has 0 bridgehead atoms. The second-order valence-corrected chi connectivity index (χ2v) is 14.5. The van der Waals surface area contributed by atoms with E-state index in [1.807, 2.05) is 44.8 Å². The first-order valence-corrected chi connectivity index (χ1v) is 16.4. The van der Waals surface area contributed by atoms with Gasteiger partial charge in [-0.2, -0.15) is 0 Å². The van der Waals surface area contributed by atoms with Gasteiger partial charge in [-0.25, -0.2) is 4.79 Å². The number of aliphatic hydroxyl groups is 4. The van der Waals surface area contributed by atoms with Crippen LogP contribution in [0.4, 0.5) is 0 Å². The highest BCUT2D eigenvalue weighted by atomic mass is 16.7. The molecule has 2 heterocycles. The van der Waals surface area contributed by atoms with E-state index in [1.165, 1.54) is 20.3 Å². The lowest BCUT2D eigenvalue weighted by Gasteiger charge is -2.47. The molecular weight excluding hydrogens is 600 g/mol. The van der Waals surface area contributed by atoms with E-state index in [-0.39, 0.29) is 24.5 Å². The third-order valence-electron chi connectivity index (χ3n) is 10.4. The quantitative estimate of drug-likeness (QED) is 0.181. The molecule has 46 heavy (non-hydrogen) atoms. The number of hydrogen-bond donors (Lipinski definition) is 4. The number of fused-ring (bicyclic) bond motifs is 1. The number of carbonyl (C=O) groups excluding carboxylic acids is 2. The molecule has 2 aliphatic heterocycles. The summed E-state index contributed by atoms with van der Waals surface area (Å²) in [7, 11) is 6.90. The van der Waals surface area contributed by atoms with Gasteiger partial charge in [-0.05, 0) is 67.6 Å². The molecule has 4 N–H and O–H groups in total. The SMILES string of the molecule is COC(=O)/C=C/O[C@H]1[C@H](O[C@@H]2[C@@H](C)[C@H](O)[C@@H](C)C(=O)O[C@@H]3C(C)[C@]3(O)[C@H](O)[C@@H](C)N(C)C[C@H](C)C[C@]2(C)O)O[C@H](C)C[C@@H]1N(C)C. The summed E-state index contributed by atoms with van der Waals surface area (Å²) in [6.07, 6.45) is -3.27. The number of nitrogens with zero attached hydrogens (tertiary/aromatic N) is 2. The van der Waals surface area contributed by atoms with E-state index in [2.05, 4.69) is 4.74 Å². The van der Waals surface area contributed by atoms with Crippen LogP contribution in [-0.2, 0) is 33.3 Å². The first kappa shape index (κ1) is 38.6. The zero-order chi connectivity index (χ0) is 34.9. The van der Waals surface area contributed by atoms with Crippen LogP contribution in [0.2, 0.25) is 0 Å². The van der Waals surface area contributed by atoms with Crippen LogP contribution in [0.1, 0.15) is 61.3 Å². The maximum atomic E-state index is 13.3. The average Bonchev–Trinajstić information content (AvgIpc) is 3.51. The number of ether oxygens (including phenoxy) is 5. The zero-order valence-electron chi connectivity index (χ0n) is 29.3. The molecule has 3 aliphatic rings. The maximum absolute atomic E-state index is 13.3. The van der Waals surface area contributed by atoms with Crippen molar-refractivity contribution >= 4 is 11.9 Å². The van der Waals surface area contributed by atoms with E-state index in [0.29, 0.717) is 13.0 Å². The molecule has 266 valence electrons. The Kier molecular flexibility index (Phi) is 12.7. The highest BCUT2D eigenvalue weighted by Crippen LogP contribution is 2.50. The lowest BCUT2D eigenvalue weighted by atomic mass is 9.78. The predicted molar refractivity (Wildman–Crippen MR) is 168 cm³/mol. The van der Waals surface area contributed by atoms with Gasteiger partial charge < -0.3 is 53.9 Å². The second-order valence-electron chi connectivity index (χ2n) is 14.5. The van der Waals surface area contributed by atoms with E-state index < -0.39 is 83.7 Å². The number of hydrogen-bond acceptors (Lipinski definition) is 13. The molecule has 0 amide bonds. The van der Waals surface area contributed by atoms with Crippen LogP contribution in [-0.4, -0.2) is 143 Å². The number of aliphatic hydroxyl groups excluding tert-OH is 2. The summed E-state index contributed by atoms with van der Waals surface area (Å²) in [5.74, 6) is -3.80. The van der Waals surface area contributed by atoms with Crippen molar-refractivity contribution < 1.29 is 53.7 Å². The van der Waals surface area contributed by atoms with E-state index in [4.69, 9.17) is 18.9 Å². The molecule has 3 rings (SSSR count). The fourth-order valence-corrected chi connectivity index (χ4v) is 7.36. The number of methoxy groups -OCH3 is 1. The van der Waals surface area contributed by atoms with Crippen molar-refractivity contribution in [1.29, 1.82) is 0 Å². The van der Waals surface area contributed by atoms with Crippen LogP contribution in [0.5, 0.6) is 0 Å². The zero-order valence-corrected chi connectivity index (χ0v) is 29.3. The Labute approximate surface area is 273 Å². The normalized spacial score (nSPS) is 46.6. The second kappa shape index (κ2) is 15.1. The molecule has 13 heteroatoms. The third-order valence-corrected chi connectivity index (χ3v) is 10.4. The molecule has 15 atom stereocenters. The van der Waals surface area contributed by atoms with Crippen molar-refractivity contribution in [2.24, 2.45) is 23.7 Å². The largest absolute Gasteiger partial charge is 0.491 e. The molecule has 3 fully saturated rings. The molecule has 1 unspecified atom stereocenters. The van der Waals surface area contributed by atoms with Crippen LogP contribution in [0, 0.1) is 23.7 Å². The predicted octanol–water partition coefficient (Wildman–Crippen LogP) is 0.906. The molecule has 0 spiro atoms. The van der Waals surface area contributed by atoms with Gasteiger partial charge in [0.05, 0.1) is 55.3 Å². The van der Waals surface area contributed by atoms with E-state index >= 15 is 0 Å². The van der Waals surface area contributed by atoms with Gasteiger partial charge in [0.25, 0.3) is 0 Å². The van der Waals surface area contributed by atoms with E-state index in [9.17, 15) is 30.0 Å². The summed E-state index contributed by atoms with van der Waals surface area (Å²) in [5.41, 5.74) is -3.15. The minimum atomic E-state index is -1.62. The van der Waals surface area contributed by atoms with E-state index in [0.717, 1.165) is 6.08 Å². The number of rotatable bonds is 6. The Hall–Kier alpha value is -1.84. The van der Waals surface area contributed by atoms with Crippen molar-refractivity contribution in [1.82, 2.24) is 9.80 Å². The highest BCUT2D eigenvalue weighted by Gasteiger charge is 2.70. The molecule has 13 nitrogen and oxygen atoms in total. The molecule has 0 aromatic heterocycles. The highest BCUT2D eigenvalue weighted by molar-refractivity contribution is 5.81. The minimum Gasteiger partial charge on any atom is -0.491 e. The Balaban J connectivity index is 2.00. The van der Waals surface area contributed by atoms with Gasteiger partial charge in [-0.15, -0.1) is 0 Å². The van der Waals surface area contributed by atoms with Crippen LogP contribution in [0.3, 0.4) is 0 Å². The van der Waals surface area contributed by atoms with Crippen LogP contribution < -0.4 is 0 Å². The van der Waals surface area contributed by atoms with Gasteiger partial charge >= 0.3 is 11.9 Å². The minimum absolute atomic E-state index is 0.122. The van der Waals surface area contributed by atoms with Gasteiger partial charge in [0.1, 0.15) is 17.8 Å². The Morgan fingerprint density at radius 2 is 1.74 bits per heavy atom. The third kappa shape index (κ3) is 8.23. The monoisotopic (exact) mass is 658 g/mol. The molecule has 0 aromatic rings. The summed E-state index contributed by atoms with van der Waals surface area (Å²) in [6, 6.07) is -0.684. The lowest BCUT2D eigenvalue weighted by Crippen LogP contribution is -2.59. The fraction of sp³-hybridized carbons (Fsp3) is 0.879. The Morgan fingerprint density at radius 1 is 1.11 bits per heavy atom. The van der Waals surface area contributed by atoms with Gasteiger partial charge in [0.15, 0.2) is 12.4 Å². The molecule has 1 saturated carbocycles.